The summed E-state index contributed by atoms with van der Waals surface area (Å²) < 4.78 is 0. The zero-order chi connectivity index (χ0) is 25.3. The molecule has 35 heavy (non-hydrogen) atoms. The highest BCUT2D eigenvalue weighted by molar-refractivity contribution is 6.51. The van der Waals surface area contributed by atoms with E-state index >= 15 is 0 Å². The maximum atomic E-state index is 13.5. The fraction of sp³-hybridized carbons (Fsp3) is 0.267. The van der Waals surface area contributed by atoms with Gasteiger partial charge in [0.15, 0.2) is 0 Å². The number of benzene rings is 3. The van der Waals surface area contributed by atoms with Crippen molar-refractivity contribution in [1.82, 2.24) is 0 Å². The Balaban J connectivity index is 1.92. The Morgan fingerprint density at radius 3 is 2.17 bits per heavy atom. The molecule has 0 aromatic heterocycles. The second-order valence-electron chi connectivity index (χ2n) is 9.03. The van der Waals surface area contributed by atoms with Crippen LogP contribution >= 0.6 is 0 Å². The topological polar surface area (TPSA) is 60.9 Å². The molecular weight excluding hydrogens is 436 g/mol. The molecule has 0 saturated carbocycles. The highest BCUT2D eigenvalue weighted by Gasteiger charge is 2.47. The van der Waals surface area contributed by atoms with Crippen LogP contribution in [0.15, 0.2) is 72.3 Å². The van der Waals surface area contributed by atoms with Gasteiger partial charge in [-0.05, 0) is 81.6 Å². The van der Waals surface area contributed by atoms with E-state index in [1.807, 2.05) is 87.5 Å². The molecular formula is C30H32N2O3. The molecule has 3 aromatic carbocycles. The van der Waals surface area contributed by atoms with E-state index in [1.165, 1.54) is 4.90 Å². The number of anilines is 2. The van der Waals surface area contributed by atoms with Crippen LogP contribution < -0.4 is 9.80 Å². The zero-order valence-electron chi connectivity index (χ0n) is 21.0. The van der Waals surface area contributed by atoms with E-state index in [4.69, 9.17) is 0 Å². The van der Waals surface area contributed by atoms with E-state index in [0.717, 1.165) is 41.0 Å². The van der Waals surface area contributed by atoms with Crippen LogP contribution in [0.25, 0.3) is 5.76 Å². The van der Waals surface area contributed by atoms with Gasteiger partial charge in [-0.1, -0.05) is 42.0 Å². The van der Waals surface area contributed by atoms with Gasteiger partial charge >= 0.3 is 0 Å². The number of hydrogen-bond acceptors (Lipinski definition) is 4. The molecule has 1 fully saturated rings. The average Bonchev–Trinajstić information content (AvgIpc) is 3.12. The molecule has 0 bridgehead atoms. The molecule has 1 aliphatic heterocycles. The minimum Gasteiger partial charge on any atom is -0.507 e. The van der Waals surface area contributed by atoms with Crippen molar-refractivity contribution in [3.63, 3.8) is 0 Å². The molecule has 1 aliphatic rings. The largest absolute Gasteiger partial charge is 0.507 e. The average molecular weight is 469 g/mol. The molecule has 1 saturated heterocycles. The molecule has 0 aliphatic carbocycles. The summed E-state index contributed by atoms with van der Waals surface area (Å²) in [5.74, 6) is -1.45. The van der Waals surface area contributed by atoms with Crippen LogP contribution in [0.3, 0.4) is 0 Å². The lowest BCUT2D eigenvalue weighted by atomic mass is 9.91. The van der Waals surface area contributed by atoms with Crippen molar-refractivity contribution in [3.05, 3.63) is 100 Å². The number of Topliss-reactive ketones (excluding diaryl/α,β-unsaturated/α-hetero) is 1. The lowest BCUT2D eigenvalue weighted by molar-refractivity contribution is -0.132. The summed E-state index contributed by atoms with van der Waals surface area (Å²) in [4.78, 5) is 30.6. The van der Waals surface area contributed by atoms with Crippen molar-refractivity contribution in [2.45, 2.75) is 40.7 Å². The van der Waals surface area contributed by atoms with Gasteiger partial charge in [-0.25, -0.2) is 0 Å². The first-order valence-electron chi connectivity index (χ1n) is 12.1. The van der Waals surface area contributed by atoms with E-state index < -0.39 is 17.7 Å². The van der Waals surface area contributed by atoms with Gasteiger partial charge in [0, 0.05) is 30.0 Å². The zero-order valence-corrected chi connectivity index (χ0v) is 21.0. The number of nitrogens with zero attached hydrogens (tertiary/aromatic N) is 2. The van der Waals surface area contributed by atoms with Crippen molar-refractivity contribution < 1.29 is 14.7 Å². The Hall–Kier alpha value is -3.86. The summed E-state index contributed by atoms with van der Waals surface area (Å²) in [6.07, 6.45) is 0. The number of hydrogen-bond donors (Lipinski definition) is 1. The Morgan fingerprint density at radius 1 is 0.886 bits per heavy atom. The first-order valence-corrected chi connectivity index (χ1v) is 12.1. The fourth-order valence-electron chi connectivity index (χ4n) is 4.84. The summed E-state index contributed by atoms with van der Waals surface area (Å²) in [7, 11) is 0. The molecule has 1 atom stereocenters. The molecule has 0 radical (unpaired) electrons. The van der Waals surface area contributed by atoms with Gasteiger partial charge in [0.1, 0.15) is 5.76 Å². The first-order chi connectivity index (χ1) is 16.8. The van der Waals surface area contributed by atoms with Crippen molar-refractivity contribution in [2.75, 3.05) is 22.9 Å². The summed E-state index contributed by atoms with van der Waals surface area (Å²) in [5, 5.41) is 11.5. The van der Waals surface area contributed by atoms with E-state index in [1.54, 1.807) is 0 Å². The Morgan fingerprint density at radius 2 is 1.54 bits per heavy atom. The van der Waals surface area contributed by atoms with Gasteiger partial charge in [-0.2, -0.15) is 0 Å². The van der Waals surface area contributed by atoms with Crippen LogP contribution in [0, 0.1) is 20.8 Å². The lowest BCUT2D eigenvalue weighted by Gasteiger charge is -2.28. The molecule has 1 unspecified atom stereocenters. The normalized spacial score (nSPS) is 17.2. The van der Waals surface area contributed by atoms with Crippen molar-refractivity contribution in [2.24, 2.45) is 0 Å². The first kappa shape index (κ1) is 24.3. The highest BCUT2D eigenvalue weighted by atomic mass is 16.3. The lowest BCUT2D eigenvalue weighted by Crippen LogP contribution is -2.30. The van der Waals surface area contributed by atoms with E-state index in [-0.39, 0.29) is 11.3 Å². The van der Waals surface area contributed by atoms with E-state index in [2.05, 4.69) is 18.7 Å². The minimum atomic E-state index is -0.726. The van der Waals surface area contributed by atoms with Crippen LogP contribution in [-0.4, -0.2) is 29.9 Å². The summed E-state index contributed by atoms with van der Waals surface area (Å²) in [5.41, 5.74) is 5.92. The third-order valence-corrected chi connectivity index (χ3v) is 6.83. The minimum absolute atomic E-state index is 0.116. The monoisotopic (exact) mass is 468 g/mol. The number of aliphatic hydroxyl groups excluding tert-OH is 1. The second kappa shape index (κ2) is 9.79. The van der Waals surface area contributed by atoms with E-state index in [0.29, 0.717) is 11.3 Å². The maximum Gasteiger partial charge on any atom is 0.300 e. The quantitative estimate of drug-likeness (QED) is 0.270. The molecule has 1 N–H and O–H groups in total. The molecule has 1 amide bonds. The third kappa shape index (κ3) is 4.34. The number of carbonyl (C=O) groups excluding carboxylic acids is 2. The van der Waals surface area contributed by atoms with E-state index in [9.17, 15) is 14.7 Å². The summed E-state index contributed by atoms with van der Waals surface area (Å²) in [6, 6.07) is 20.4. The number of aliphatic hydroxyl groups is 1. The summed E-state index contributed by atoms with van der Waals surface area (Å²) in [6.45, 7) is 11.7. The standard InChI is InChI=1S/C30H32N2O3/c1-6-31(7-2)22-14-16-23(17-15-22)32-27(24-11-9-8-10-20(24)4)26(29(34)30(32)35)28(33)25-18-19(3)12-13-21(25)5/h8-18,27,33H,6-7H2,1-5H3/b28-26+. The predicted molar refractivity (Wildman–Crippen MR) is 142 cm³/mol. The Labute approximate surface area is 207 Å². The van der Waals surface area contributed by atoms with Crippen LogP contribution in [-0.2, 0) is 9.59 Å². The molecule has 4 rings (SSSR count). The highest BCUT2D eigenvalue weighted by Crippen LogP contribution is 2.43. The third-order valence-electron chi connectivity index (χ3n) is 6.83. The van der Waals surface area contributed by atoms with Gasteiger partial charge in [-0.15, -0.1) is 0 Å². The number of carbonyl (C=O) groups is 2. The predicted octanol–water partition coefficient (Wildman–Crippen LogP) is 6.08. The van der Waals surface area contributed by atoms with Crippen molar-refractivity contribution in [3.8, 4) is 0 Å². The molecule has 3 aromatic rings. The second-order valence-corrected chi connectivity index (χ2v) is 9.03. The van der Waals surface area contributed by atoms with Gasteiger partial charge < -0.3 is 10.0 Å². The van der Waals surface area contributed by atoms with Crippen molar-refractivity contribution >= 4 is 28.8 Å². The van der Waals surface area contributed by atoms with Crippen LogP contribution in [0.1, 0.15) is 47.7 Å². The fourth-order valence-corrected chi connectivity index (χ4v) is 4.84. The molecule has 5 heteroatoms. The van der Waals surface area contributed by atoms with Crippen LogP contribution in [0.4, 0.5) is 11.4 Å². The van der Waals surface area contributed by atoms with Crippen LogP contribution in [0.2, 0.25) is 0 Å². The number of aryl methyl sites for hydroxylation is 3. The van der Waals surface area contributed by atoms with Crippen molar-refractivity contribution in [1.29, 1.82) is 0 Å². The Bertz CT molecular complexity index is 1300. The van der Waals surface area contributed by atoms with Gasteiger partial charge in [-0.3, -0.25) is 14.5 Å². The van der Waals surface area contributed by atoms with Gasteiger partial charge in [0.2, 0.25) is 0 Å². The SMILES string of the molecule is CCN(CC)c1ccc(N2C(=O)C(=O)/C(=C(/O)c3cc(C)ccc3C)C2c2ccccc2C)cc1. The molecule has 0 spiro atoms. The smallest absolute Gasteiger partial charge is 0.300 e. The maximum absolute atomic E-state index is 13.5. The number of ketones is 1. The molecule has 1 heterocycles. The molecule has 180 valence electrons. The van der Waals surface area contributed by atoms with Gasteiger partial charge in [0.25, 0.3) is 11.7 Å². The van der Waals surface area contributed by atoms with Crippen LogP contribution in [0.5, 0.6) is 0 Å². The Kier molecular flexibility index (Phi) is 6.79. The summed E-state index contributed by atoms with van der Waals surface area (Å²) >= 11 is 0. The number of amides is 1. The number of rotatable bonds is 6. The van der Waals surface area contributed by atoms with Gasteiger partial charge in [0.05, 0.1) is 11.6 Å². The molecule has 5 nitrogen and oxygen atoms in total.